The lowest BCUT2D eigenvalue weighted by Gasteiger charge is -2.25. The van der Waals surface area contributed by atoms with Gasteiger partial charge in [-0.1, -0.05) is 0 Å². The van der Waals surface area contributed by atoms with E-state index >= 15 is 0 Å². The highest BCUT2D eigenvalue weighted by molar-refractivity contribution is 6.03. The topological polar surface area (TPSA) is 88.5 Å². The molecule has 0 atom stereocenters. The Labute approximate surface area is 90.2 Å². The molecule has 82 valence electrons. The Morgan fingerprint density at radius 2 is 2.31 bits per heavy atom. The summed E-state index contributed by atoms with van der Waals surface area (Å²) in [6.45, 7) is 0. The Morgan fingerprint density at radius 1 is 1.56 bits per heavy atom. The molecule has 1 spiro atoms. The van der Waals surface area contributed by atoms with Crippen molar-refractivity contribution in [3.8, 4) is 5.75 Å². The summed E-state index contributed by atoms with van der Waals surface area (Å²) in [6, 6.07) is 1.30. The van der Waals surface area contributed by atoms with Gasteiger partial charge in [0.05, 0.1) is 11.9 Å². The van der Waals surface area contributed by atoms with E-state index in [1.807, 2.05) is 0 Å². The first kappa shape index (κ1) is 9.14. The summed E-state index contributed by atoms with van der Waals surface area (Å²) >= 11 is 0. The van der Waals surface area contributed by atoms with Crippen molar-refractivity contribution >= 4 is 17.6 Å². The standard InChI is InChI=1S/C10H8N2O4/c13-8(14)6-3-5-7(4-11-6)16-10(1-2-10)9(15)12-5/h3-4H,1-2H2,(H,12,15)(H,13,14). The van der Waals surface area contributed by atoms with E-state index in [0.29, 0.717) is 24.3 Å². The van der Waals surface area contributed by atoms with E-state index < -0.39 is 11.6 Å². The van der Waals surface area contributed by atoms with Gasteiger partial charge < -0.3 is 15.2 Å². The minimum absolute atomic E-state index is 0.116. The number of amides is 1. The van der Waals surface area contributed by atoms with Gasteiger partial charge in [0.15, 0.2) is 17.0 Å². The third-order valence-electron chi connectivity index (χ3n) is 2.76. The van der Waals surface area contributed by atoms with E-state index in [2.05, 4.69) is 10.3 Å². The Kier molecular flexibility index (Phi) is 1.55. The molecular weight excluding hydrogens is 212 g/mol. The Hall–Kier alpha value is -2.11. The maximum absolute atomic E-state index is 11.6. The maximum atomic E-state index is 11.6. The monoisotopic (exact) mass is 220 g/mol. The average Bonchev–Trinajstić information content (AvgIpc) is 3.00. The normalized spacial score (nSPS) is 19.6. The lowest BCUT2D eigenvalue weighted by Crippen LogP contribution is -2.39. The number of hydrogen-bond donors (Lipinski definition) is 2. The van der Waals surface area contributed by atoms with Gasteiger partial charge in [0, 0.05) is 12.8 Å². The molecule has 1 amide bonds. The number of ether oxygens (including phenoxy) is 1. The predicted octanol–water partition coefficient (Wildman–Crippen LogP) is 0.643. The van der Waals surface area contributed by atoms with E-state index in [0.717, 1.165) is 0 Å². The van der Waals surface area contributed by atoms with Gasteiger partial charge in [-0.3, -0.25) is 4.79 Å². The van der Waals surface area contributed by atoms with Crippen LogP contribution in [0.4, 0.5) is 5.69 Å². The van der Waals surface area contributed by atoms with Crippen molar-refractivity contribution in [3.63, 3.8) is 0 Å². The molecule has 1 aromatic heterocycles. The molecule has 1 aliphatic heterocycles. The number of rotatable bonds is 1. The third-order valence-corrected chi connectivity index (χ3v) is 2.76. The number of carbonyl (C=O) groups excluding carboxylic acids is 1. The number of nitrogens with one attached hydrogen (secondary N) is 1. The zero-order chi connectivity index (χ0) is 11.3. The van der Waals surface area contributed by atoms with E-state index in [9.17, 15) is 9.59 Å². The second-order valence-corrected chi connectivity index (χ2v) is 3.92. The summed E-state index contributed by atoms with van der Waals surface area (Å²) < 4.78 is 5.51. The highest BCUT2D eigenvalue weighted by Gasteiger charge is 2.55. The first-order valence-corrected chi connectivity index (χ1v) is 4.85. The summed E-state index contributed by atoms with van der Waals surface area (Å²) in [5.74, 6) is -0.909. The molecule has 2 N–H and O–H groups in total. The molecule has 1 aliphatic carbocycles. The largest absolute Gasteiger partial charge is 0.477 e. The minimum Gasteiger partial charge on any atom is -0.477 e. The van der Waals surface area contributed by atoms with Crippen molar-refractivity contribution in [2.45, 2.75) is 18.4 Å². The molecule has 0 radical (unpaired) electrons. The van der Waals surface area contributed by atoms with E-state index in [-0.39, 0.29) is 11.6 Å². The van der Waals surface area contributed by atoms with Gasteiger partial charge in [0.25, 0.3) is 5.91 Å². The fourth-order valence-corrected chi connectivity index (χ4v) is 1.67. The molecule has 16 heavy (non-hydrogen) atoms. The van der Waals surface area contributed by atoms with Crippen molar-refractivity contribution in [2.24, 2.45) is 0 Å². The molecule has 1 saturated carbocycles. The number of aromatic nitrogens is 1. The van der Waals surface area contributed by atoms with Crippen molar-refractivity contribution in [2.75, 3.05) is 5.32 Å². The highest BCUT2D eigenvalue weighted by Crippen LogP contribution is 2.46. The van der Waals surface area contributed by atoms with Crippen LogP contribution in [-0.4, -0.2) is 27.6 Å². The molecule has 3 rings (SSSR count). The Morgan fingerprint density at radius 3 is 2.94 bits per heavy atom. The van der Waals surface area contributed by atoms with Crippen molar-refractivity contribution in [3.05, 3.63) is 18.0 Å². The number of aromatic carboxylic acids is 1. The van der Waals surface area contributed by atoms with Gasteiger partial charge in [-0.15, -0.1) is 0 Å². The van der Waals surface area contributed by atoms with Crippen molar-refractivity contribution in [1.82, 2.24) is 4.98 Å². The van der Waals surface area contributed by atoms with E-state index in [4.69, 9.17) is 9.84 Å². The molecule has 0 unspecified atom stereocenters. The molecule has 0 aromatic carbocycles. The van der Waals surface area contributed by atoms with Crippen molar-refractivity contribution in [1.29, 1.82) is 0 Å². The SMILES string of the molecule is O=C(O)c1cc2c(cn1)OC1(CC1)C(=O)N2. The molecule has 1 aromatic rings. The highest BCUT2D eigenvalue weighted by atomic mass is 16.5. The zero-order valence-electron chi connectivity index (χ0n) is 8.19. The fourth-order valence-electron chi connectivity index (χ4n) is 1.67. The van der Waals surface area contributed by atoms with Crippen molar-refractivity contribution < 1.29 is 19.4 Å². The fraction of sp³-hybridized carbons (Fsp3) is 0.300. The van der Waals surface area contributed by atoms with Crippen LogP contribution in [0.25, 0.3) is 0 Å². The van der Waals surface area contributed by atoms with E-state index in [1.165, 1.54) is 12.3 Å². The van der Waals surface area contributed by atoms with Crippen LogP contribution in [-0.2, 0) is 4.79 Å². The molecule has 6 nitrogen and oxygen atoms in total. The number of nitrogens with zero attached hydrogens (tertiary/aromatic N) is 1. The van der Waals surface area contributed by atoms with Crippen LogP contribution in [0.5, 0.6) is 5.75 Å². The lowest BCUT2D eigenvalue weighted by molar-refractivity contribution is -0.125. The third kappa shape index (κ3) is 1.16. The molecule has 0 bridgehead atoms. The molecule has 6 heteroatoms. The molecule has 0 saturated heterocycles. The quantitative estimate of drug-likeness (QED) is 0.725. The maximum Gasteiger partial charge on any atom is 0.354 e. The second-order valence-electron chi connectivity index (χ2n) is 3.92. The van der Waals surface area contributed by atoms with Gasteiger partial charge in [0.2, 0.25) is 0 Å². The van der Waals surface area contributed by atoms with Crippen LogP contribution in [0.2, 0.25) is 0 Å². The number of carboxylic acids is 1. The summed E-state index contributed by atoms with van der Waals surface area (Å²) in [5, 5.41) is 11.4. The van der Waals surface area contributed by atoms with E-state index in [1.54, 1.807) is 0 Å². The number of pyridine rings is 1. The Bertz CT molecular complexity index is 508. The first-order chi connectivity index (χ1) is 7.61. The second kappa shape index (κ2) is 2.72. The summed E-state index contributed by atoms with van der Waals surface area (Å²) in [7, 11) is 0. The van der Waals surface area contributed by atoms with Crippen LogP contribution in [0, 0.1) is 0 Å². The summed E-state index contributed by atoms with van der Waals surface area (Å²) in [5.41, 5.74) is -0.469. The average molecular weight is 220 g/mol. The van der Waals surface area contributed by atoms with Gasteiger partial charge in [-0.2, -0.15) is 0 Å². The predicted molar refractivity (Wildman–Crippen MR) is 52.4 cm³/mol. The summed E-state index contributed by atoms with van der Waals surface area (Å²) in [4.78, 5) is 26.0. The molecule has 2 aliphatic rings. The smallest absolute Gasteiger partial charge is 0.354 e. The number of anilines is 1. The number of carbonyl (C=O) groups is 2. The number of hydrogen-bond acceptors (Lipinski definition) is 4. The molecule has 2 heterocycles. The van der Waals surface area contributed by atoms with Crippen LogP contribution < -0.4 is 10.1 Å². The lowest BCUT2D eigenvalue weighted by atomic mass is 10.2. The van der Waals surface area contributed by atoms with Crippen LogP contribution in [0.3, 0.4) is 0 Å². The summed E-state index contributed by atoms with van der Waals surface area (Å²) in [6.07, 6.45) is 2.72. The van der Waals surface area contributed by atoms with Gasteiger partial charge in [-0.05, 0) is 6.07 Å². The first-order valence-electron chi connectivity index (χ1n) is 4.85. The van der Waals surface area contributed by atoms with Crippen LogP contribution in [0.15, 0.2) is 12.3 Å². The molecular formula is C10H8N2O4. The Balaban J connectivity index is 2.02. The van der Waals surface area contributed by atoms with Gasteiger partial charge in [0.1, 0.15) is 0 Å². The molecule has 1 fully saturated rings. The number of fused-ring (bicyclic) bond motifs is 1. The van der Waals surface area contributed by atoms with Gasteiger partial charge in [-0.25, -0.2) is 9.78 Å². The zero-order valence-corrected chi connectivity index (χ0v) is 8.19. The van der Waals surface area contributed by atoms with Gasteiger partial charge >= 0.3 is 5.97 Å². The number of carboxylic acid groups (broad SMARTS) is 1. The van der Waals surface area contributed by atoms with Crippen LogP contribution in [0.1, 0.15) is 23.3 Å². The van der Waals surface area contributed by atoms with Crippen LogP contribution >= 0.6 is 0 Å². The minimum atomic E-state index is -1.14.